The fourth-order valence-corrected chi connectivity index (χ4v) is 3.22. The average Bonchev–Trinajstić information content (AvgIpc) is 2.40. The molecule has 0 unspecified atom stereocenters. The van der Waals surface area contributed by atoms with Gasteiger partial charge in [-0.05, 0) is 25.7 Å². The highest BCUT2D eigenvalue weighted by Gasteiger charge is 2.21. The van der Waals surface area contributed by atoms with Crippen molar-refractivity contribution in [3.05, 3.63) is 0 Å². The molecule has 1 amide bonds. The van der Waals surface area contributed by atoms with Gasteiger partial charge in [0.05, 0.1) is 12.7 Å². The fraction of sp³-hybridized carbons (Fsp3) is 0.933. The molecule has 1 heterocycles. The Labute approximate surface area is 111 Å². The molecule has 0 aromatic carbocycles. The van der Waals surface area contributed by atoms with Crippen molar-refractivity contribution in [2.45, 2.75) is 64.4 Å². The molecule has 0 aromatic rings. The van der Waals surface area contributed by atoms with E-state index in [0.29, 0.717) is 12.5 Å². The zero-order valence-corrected chi connectivity index (χ0v) is 11.7. The molecule has 104 valence electrons. The maximum Gasteiger partial charge on any atom is 0.222 e. The smallest absolute Gasteiger partial charge is 0.222 e. The summed E-state index contributed by atoms with van der Waals surface area (Å²) in [5.41, 5.74) is 0. The third-order valence-corrected chi connectivity index (χ3v) is 4.32. The summed E-state index contributed by atoms with van der Waals surface area (Å²) >= 11 is 0. The van der Waals surface area contributed by atoms with Gasteiger partial charge in [-0.2, -0.15) is 0 Å². The Morgan fingerprint density at radius 2 is 2.06 bits per heavy atom. The summed E-state index contributed by atoms with van der Waals surface area (Å²) in [7, 11) is 0. The van der Waals surface area contributed by atoms with Crippen molar-refractivity contribution in [1.29, 1.82) is 0 Å². The first-order valence-corrected chi connectivity index (χ1v) is 7.65. The second-order valence-corrected chi connectivity index (χ2v) is 5.92. The first-order valence-electron chi connectivity index (χ1n) is 7.65. The van der Waals surface area contributed by atoms with E-state index in [2.05, 4.69) is 0 Å². The second-order valence-electron chi connectivity index (χ2n) is 5.92. The van der Waals surface area contributed by atoms with Crippen molar-refractivity contribution in [1.82, 2.24) is 4.90 Å². The zero-order valence-electron chi connectivity index (χ0n) is 11.7. The zero-order chi connectivity index (χ0) is 12.8. The van der Waals surface area contributed by atoms with Crippen LogP contribution in [-0.4, -0.2) is 36.6 Å². The molecule has 3 heteroatoms. The van der Waals surface area contributed by atoms with Crippen LogP contribution in [-0.2, 0) is 9.53 Å². The Morgan fingerprint density at radius 1 is 1.28 bits per heavy atom. The molecule has 3 nitrogen and oxygen atoms in total. The van der Waals surface area contributed by atoms with Crippen LogP contribution in [0, 0.1) is 5.92 Å². The van der Waals surface area contributed by atoms with E-state index < -0.39 is 0 Å². The molecule has 1 aliphatic carbocycles. The fourth-order valence-electron chi connectivity index (χ4n) is 3.22. The number of morpholine rings is 1. The van der Waals surface area contributed by atoms with E-state index in [1.54, 1.807) is 0 Å². The summed E-state index contributed by atoms with van der Waals surface area (Å²) in [6.07, 6.45) is 10.3. The summed E-state index contributed by atoms with van der Waals surface area (Å²) in [6, 6.07) is 0. The van der Waals surface area contributed by atoms with Gasteiger partial charge in [-0.25, -0.2) is 0 Å². The van der Waals surface area contributed by atoms with Crippen LogP contribution in [0.25, 0.3) is 0 Å². The summed E-state index contributed by atoms with van der Waals surface area (Å²) in [5, 5.41) is 0. The van der Waals surface area contributed by atoms with Gasteiger partial charge in [0.2, 0.25) is 5.91 Å². The highest BCUT2D eigenvalue weighted by Crippen LogP contribution is 2.27. The van der Waals surface area contributed by atoms with Crippen LogP contribution in [0.4, 0.5) is 0 Å². The summed E-state index contributed by atoms with van der Waals surface area (Å²) < 4.78 is 5.46. The van der Waals surface area contributed by atoms with Gasteiger partial charge in [0.25, 0.3) is 0 Å². The van der Waals surface area contributed by atoms with E-state index in [-0.39, 0.29) is 6.10 Å². The summed E-state index contributed by atoms with van der Waals surface area (Å²) in [5.74, 6) is 1.23. The van der Waals surface area contributed by atoms with E-state index in [1.807, 2.05) is 11.8 Å². The Morgan fingerprint density at radius 3 is 2.78 bits per heavy atom. The predicted octanol–water partition coefficient (Wildman–Crippen LogP) is 2.98. The molecule has 2 rings (SSSR count). The van der Waals surface area contributed by atoms with Crippen molar-refractivity contribution in [2.24, 2.45) is 5.92 Å². The molecular weight excluding hydrogens is 226 g/mol. The number of nitrogens with zero attached hydrogens (tertiary/aromatic N) is 1. The topological polar surface area (TPSA) is 29.5 Å². The number of amides is 1. The SMILES string of the molecule is C[C@H]1CN(C(=O)CCCC2CCCCC2)CCO1. The van der Waals surface area contributed by atoms with E-state index in [9.17, 15) is 4.79 Å². The van der Waals surface area contributed by atoms with Crippen molar-refractivity contribution < 1.29 is 9.53 Å². The maximum absolute atomic E-state index is 12.1. The molecule has 1 saturated heterocycles. The molecule has 1 atom stereocenters. The lowest BCUT2D eigenvalue weighted by atomic mass is 9.86. The molecule has 0 radical (unpaired) electrons. The van der Waals surface area contributed by atoms with E-state index in [1.165, 1.54) is 38.5 Å². The Balaban J connectivity index is 1.61. The van der Waals surface area contributed by atoms with E-state index >= 15 is 0 Å². The van der Waals surface area contributed by atoms with E-state index in [4.69, 9.17) is 4.74 Å². The third kappa shape index (κ3) is 4.27. The molecule has 2 fully saturated rings. The van der Waals surface area contributed by atoms with Gasteiger partial charge in [0.15, 0.2) is 0 Å². The number of rotatable bonds is 4. The molecule has 1 aliphatic heterocycles. The van der Waals surface area contributed by atoms with Crippen molar-refractivity contribution >= 4 is 5.91 Å². The largest absolute Gasteiger partial charge is 0.375 e. The molecular formula is C15H27NO2. The summed E-state index contributed by atoms with van der Waals surface area (Å²) in [6.45, 7) is 4.31. The van der Waals surface area contributed by atoms with Gasteiger partial charge in [-0.3, -0.25) is 4.79 Å². The van der Waals surface area contributed by atoms with Crippen LogP contribution in [0.15, 0.2) is 0 Å². The lowest BCUT2D eigenvalue weighted by molar-refractivity contribution is -0.138. The van der Waals surface area contributed by atoms with Gasteiger partial charge in [0.1, 0.15) is 0 Å². The first kappa shape index (κ1) is 13.9. The number of ether oxygens (including phenoxy) is 1. The minimum Gasteiger partial charge on any atom is -0.375 e. The molecule has 2 aliphatic rings. The predicted molar refractivity (Wildman–Crippen MR) is 72.4 cm³/mol. The van der Waals surface area contributed by atoms with Crippen molar-refractivity contribution in [3.63, 3.8) is 0 Å². The van der Waals surface area contributed by atoms with E-state index in [0.717, 1.165) is 31.8 Å². The van der Waals surface area contributed by atoms with Gasteiger partial charge >= 0.3 is 0 Å². The Bertz CT molecular complexity index is 261. The first-order chi connectivity index (χ1) is 8.75. The highest BCUT2D eigenvalue weighted by molar-refractivity contribution is 5.76. The van der Waals surface area contributed by atoms with Gasteiger partial charge in [0, 0.05) is 19.5 Å². The van der Waals surface area contributed by atoms with Crippen LogP contribution < -0.4 is 0 Å². The molecule has 0 N–H and O–H groups in total. The lowest BCUT2D eigenvalue weighted by Crippen LogP contribution is -2.44. The van der Waals surface area contributed by atoms with Crippen LogP contribution in [0.2, 0.25) is 0 Å². The molecule has 0 bridgehead atoms. The van der Waals surface area contributed by atoms with Crippen LogP contribution in [0.5, 0.6) is 0 Å². The average molecular weight is 253 g/mol. The van der Waals surface area contributed by atoms with Crippen LogP contribution >= 0.6 is 0 Å². The highest BCUT2D eigenvalue weighted by atomic mass is 16.5. The van der Waals surface area contributed by atoms with Crippen LogP contribution in [0.3, 0.4) is 0 Å². The van der Waals surface area contributed by atoms with Crippen LogP contribution in [0.1, 0.15) is 58.3 Å². The number of hydrogen-bond donors (Lipinski definition) is 0. The van der Waals surface area contributed by atoms with Gasteiger partial charge < -0.3 is 9.64 Å². The summed E-state index contributed by atoms with van der Waals surface area (Å²) in [4.78, 5) is 14.0. The molecule has 18 heavy (non-hydrogen) atoms. The second kappa shape index (κ2) is 7.13. The standard InChI is InChI=1S/C15H27NO2/c1-13-12-16(10-11-18-13)15(17)9-5-8-14-6-3-2-4-7-14/h13-14H,2-12H2,1H3/t13-/m0/s1. The Kier molecular flexibility index (Phi) is 5.48. The minimum atomic E-state index is 0.209. The monoisotopic (exact) mass is 253 g/mol. The van der Waals surface area contributed by atoms with Crippen molar-refractivity contribution in [3.8, 4) is 0 Å². The number of carbonyl (C=O) groups is 1. The lowest BCUT2D eigenvalue weighted by Gasteiger charge is -2.31. The minimum absolute atomic E-state index is 0.209. The number of carbonyl (C=O) groups excluding carboxylic acids is 1. The quantitative estimate of drug-likeness (QED) is 0.771. The maximum atomic E-state index is 12.1. The normalized spacial score (nSPS) is 26.3. The molecule has 0 spiro atoms. The van der Waals surface area contributed by atoms with Gasteiger partial charge in [-0.15, -0.1) is 0 Å². The Hall–Kier alpha value is -0.570. The number of hydrogen-bond acceptors (Lipinski definition) is 2. The van der Waals surface area contributed by atoms with Gasteiger partial charge in [-0.1, -0.05) is 32.1 Å². The molecule has 0 aromatic heterocycles. The van der Waals surface area contributed by atoms with Crippen molar-refractivity contribution in [2.75, 3.05) is 19.7 Å². The third-order valence-electron chi connectivity index (χ3n) is 4.32. The molecule has 1 saturated carbocycles.